The highest BCUT2D eigenvalue weighted by molar-refractivity contribution is 7.63. The zero-order chi connectivity index (χ0) is 26.0. The van der Waals surface area contributed by atoms with E-state index in [2.05, 4.69) is 49.4 Å². The quantitative estimate of drug-likeness (QED) is 0.199. The molecule has 0 fully saturated rings. The van der Waals surface area contributed by atoms with Crippen LogP contribution in [0.3, 0.4) is 0 Å². The van der Waals surface area contributed by atoms with Crippen molar-refractivity contribution in [3.05, 3.63) is 139 Å². The summed E-state index contributed by atoms with van der Waals surface area (Å²) in [4.78, 5) is 0. The van der Waals surface area contributed by atoms with Gasteiger partial charge in [0.05, 0.1) is 5.30 Å². The third kappa shape index (κ3) is 4.47. The molecule has 4 heteroatoms. The lowest BCUT2D eigenvalue weighted by Gasteiger charge is -2.25. The van der Waals surface area contributed by atoms with Gasteiger partial charge < -0.3 is 9.05 Å². The Balaban J connectivity index is 1.70. The molecular weight excluding hydrogens is 487 g/mol. The molecule has 0 aliphatic heterocycles. The van der Waals surface area contributed by atoms with Crippen LogP contribution in [0.1, 0.15) is 12.5 Å². The summed E-state index contributed by atoms with van der Waals surface area (Å²) in [6, 6.07) is 43.3. The van der Waals surface area contributed by atoms with Crippen LogP contribution in [-0.2, 0) is 11.0 Å². The van der Waals surface area contributed by atoms with Crippen LogP contribution in [0.2, 0.25) is 0 Å². The highest BCUT2D eigenvalue weighted by atomic mass is 31.2. The SMILES string of the molecule is CCc1ccc2ccccc2c1-c1c(P(=O)(Oc2ccccc2)Oc2ccccc2)ccc2ccccc12. The van der Waals surface area contributed by atoms with Crippen molar-refractivity contribution < 1.29 is 13.6 Å². The molecule has 3 nitrogen and oxygen atoms in total. The molecule has 186 valence electrons. The first kappa shape index (κ1) is 24.0. The van der Waals surface area contributed by atoms with Crippen LogP contribution in [0.25, 0.3) is 32.7 Å². The fourth-order valence-corrected chi connectivity index (χ4v) is 6.81. The van der Waals surface area contributed by atoms with Gasteiger partial charge in [-0.05, 0) is 69.4 Å². The van der Waals surface area contributed by atoms with Crippen molar-refractivity contribution in [1.29, 1.82) is 0 Å². The number of aryl methyl sites for hydroxylation is 1. The molecule has 6 rings (SSSR count). The fraction of sp³-hybridized carbons (Fsp3) is 0.0588. The highest BCUT2D eigenvalue weighted by Gasteiger charge is 2.36. The third-order valence-corrected chi connectivity index (χ3v) is 8.65. The van der Waals surface area contributed by atoms with Crippen molar-refractivity contribution in [2.75, 3.05) is 0 Å². The summed E-state index contributed by atoms with van der Waals surface area (Å²) < 4.78 is 27.7. The lowest BCUT2D eigenvalue weighted by molar-refractivity contribution is 0.399. The smallest absolute Gasteiger partial charge is 0.413 e. The number of benzene rings is 6. The Hall–Kier alpha value is -4.33. The second kappa shape index (κ2) is 10.2. The van der Waals surface area contributed by atoms with Gasteiger partial charge in [0.2, 0.25) is 0 Å². The van der Waals surface area contributed by atoms with Crippen LogP contribution in [0, 0.1) is 0 Å². The fourth-order valence-electron chi connectivity index (χ4n) is 5.01. The molecule has 0 atom stereocenters. The molecule has 0 saturated carbocycles. The number of hydrogen-bond donors (Lipinski definition) is 0. The van der Waals surface area contributed by atoms with Crippen LogP contribution >= 0.6 is 7.60 Å². The monoisotopic (exact) mass is 514 g/mol. The van der Waals surface area contributed by atoms with Gasteiger partial charge in [-0.25, -0.2) is 4.57 Å². The Morgan fingerprint density at radius 2 is 1.00 bits per heavy atom. The number of fused-ring (bicyclic) bond motifs is 2. The maximum atomic E-state index is 15.1. The van der Waals surface area contributed by atoms with E-state index in [9.17, 15) is 0 Å². The van der Waals surface area contributed by atoms with E-state index in [1.54, 1.807) is 24.3 Å². The molecule has 0 saturated heterocycles. The molecule has 6 aromatic carbocycles. The molecule has 0 heterocycles. The highest BCUT2D eigenvalue weighted by Crippen LogP contribution is 2.51. The summed E-state index contributed by atoms with van der Waals surface area (Å²) in [6.07, 6.45) is 0.826. The Morgan fingerprint density at radius 3 is 1.55 bits per heavy atom. The molecule has 0 N–H and O–H groups in total. The average Bonchev–Trinajstić information content (AvgIpc) is 2.97. The number of para-hydroxylation sites is 2. The molecule has 0 aliphatic carbocycles. The summed E-state index contributed by atoms with van der Waals surface area (Å²) in [5.41, 5.74) is 3.12. The zero-order valence-electron chi connectivity index (χ0n) is 21.1. The van der Waals surface area contributed by atoms with Gasteiger partial charge in [0.1, 0.15) is 11.5 Å². The minimum atomic E-state index is -3.93. The standard InChI is InChI=1S/C34H27O3P/c1-2-25-21-22-26-13-9-11-19-30(26)33(25)34-31-20-12-10-14-27(31)23-24-32(34)38(35,36-28-15-5-3-6-16-28)37-29-17-7-4-8-18-29/h3-24H,2H2,1H3. The van der Waals surface area contributed by atoms with Crippen LogP contribution in [-0.4, -0.2) is 0 Å². The van der Waals surface area contributed by atoms with Gasteiger partial charge in [-0.2, -0.15) is 0 Å². The maximum Gasteiger partial charge on any atom is 0.463 e. The predicted octanol–water partition coefficient (Wildman–Crippen LogP) is 9.20. The Morgan fingerprint density at radius 1 is 0.526 bits per heavy atom. The van der Waals surface area contributed by atoms with E-state index < -0.39 is 7.60 Å². The van der Waals surface area contributed by atoms with Gasteiger partial charge in [0, 0.05) is 5.56 Å². The Kier molecular flexibility index (Phi) is 6.45. The number of hydrogen-bond acceptors (Lipinski definition) is 3. The summed E-state index contributed by atoms with van der Waals surface area (Å²) in [5, 5.41) is 4.84. The molecule has 0 aromatic heterocycles. The van der Waals surface area contributed by atoms with E-state index in [0.29, 0.717) is 16.8 Å². The average molecular weight is 515 g/mol. The van der Waals surface area contributed by atoms with E-state index >= 15 is 4.57 Å². The molecule has 38 heavy (non-hydrogen) atoms. The normalized spacial score (nSPS) is 11.5. The van der Waals surface area contributed by atoms with Crippen LogP contribution in [0.5, 0.6) is 11.5 Å². The molecule has 6 aromatic rings. The van der Waals surface area contributed by atoms with Crippen molar-refractivity contribution in [3.63, 3.8) is 0 Å². The summed E-state index contributed by atoms with van der Waals surface area (Å²) >= 11 is 0. The van der Waals surface area contributed by atoms with Crippen molar-refractivity contribution in [3.8, 4) is 22.6 Å². The minimum Gasteiger partial charge on any atom is -0.413 e. The first-order chi connectivity index (χ1) is 18.7. The lowest BCUT2D eigenvalue weighted by Crippen LogP contribution is -2.18. The van der Waals surface area contributed by atoms with Gasteiger partial charge in [-0.3, -0.25) is 0 Å². The molecule has 0 aliphatic rings. The van der Waals surface area contributed by atoms with Crippen LogP contribution in [0.4, 0.5) is 0 Å². The third-order valence-electron chi connectivity index (χ3n) is 6.79. The van der Waals surface area contributed by atoms with Gasteiger partial charge in [0.15, 0.2) is 0 Å². The minimum absolute atomic E-state index is 0.486. The zero-order valence-corrected chi connectivity index (χ0v) is 22.0. The van der Waals surface area contributed by atoms with Crippen molar-refractivity contribution in [2.24, 2.45) is 0 Å². The van der Waals surface area contributed by atoms with Gasteiger partial charge in [0.25, 0.3) is 0 Å². The largest absolute Gasteiger partial charge is 0.463 e. The topological polar surface area (TPSA) is 35.5 Å². The lowest BCUT2D eigenvalue weighted by atomic mass is 9.89. The second-order valence-electron chi connectivity index (χ2n) is 9.16. The molecule has 0 spiro atoms. The molecule has 0 bridgehead atoms. The summed E-state index contributed by atoms with van der Waals surface area (Å²) in [5.74, 6) is 0.971. The predicted molar refractivity (Wildman–Crippen MR) is 158 cm³/mol. The van der Waals surface area contributed by atoms with Gasteiger partial charge in [-0.15, -0.1) is 0 Å². The molecule has 0 radical (unpaired) electrons. The van der Waals surface area contributed by atoms with E-state index in [1.807, 2.05) is 66.7 Å². The van der Waals surface area contributed by atoms with Gasteiger partial charge >= 0.3 is 7.60 Å². The van der Waals surface area contributed by atoms with Gasteiger partial charge in [-0.1, -0.05) is 110 Å². The Labute approximate surface area is 222 Å². The van der Waals surface area contributed by atoms with Crippen LogP contribution in [0.15, 0.2) is 133 Å². The van der Waals surface area contributed by atoms with E-state index in [0.717, 1.165) is 39.1 Å². The molecule has 0 amide bonds. The van der Waals surface area contributed by atoms with E-state index in [-0.39, 0.29) is 0 Å². The summed E-state index contributed by atoms with van der Waals surface area (Å²) in [7, 11) is -3.93. The van der Waals surface area contributed by atoms with E-state index in [1.165, 1.54) is 5.56 Å². The number of rotatable bonds is 7. The second-order valence-corrected chi connectivity index (χ2v) is 11.0. The van der Waals surface area contributed by atoms with Crippen molar-refractivity contribution in [2.45, 2.75) is 13.3 Å². The first-order valence-electron chi connectivity index (χ1n) is 12.8. The molecule has 0 unspecified atom stereocenters. The Bertz CT molecular complexity index is 1730. The van der Waals surface area contributed by atoms with Crippen LogP contribution < -0.4 is 14.4 Å². The maximum absolute atomic E-state index is 15.1. The van der Waals surface area contributed by atoms with Crippen molar-refractivity contribution >= 4 is 34.4 Å². The first-order valence-corrected chi connectivity index (χ1v) is 14.3. The van der Waals surface area contributed by atoms with Crippen molar-refractivity contribution in [1.82, 2.24) is 0 Å². The van der Waals surface area contributed by atoms with E-state index in [4.69, 9.17) is 9.05 Å². The molecular formula is C34H27O3P. The summed E-state index contributed by atoms with van der Waals surface area (Å²) in [6.45, 7) is 2.15.